The fraction of sp³-hybridized carbons (Fsp3) is 0.0556. The van der Waals surface area contributed by atoms with Crippen molar-refractivity contribution in [3.05, 3.63) is 77.7 Å². The molecular weight excluding hydrogens is 322 g/mol. The molecule has 0 atom stereocenters. The normalized spacial score (nSPS) is 10.9. The molecule has 5 nitrogen and oxygen atoms in total. The minimum absolute atomic E-state index is 0.251. The van der Waals surface area contributed by atoms with Crippen molar-refractivity contribution in [2.45, 2.75) is 17.0 Å². The fourth-order valence-corrected chi connectivity index (χ4v) is 2.75. The van der Waals surface area contributed by atoms with Crippen molar-refractivity contribution >= 4 is 23.9 Å². The summed E-state index contributed by atoms with van der Waals surface area (Å²) >= 11 is 1.42. The number of benzene rings is 1. The second-order valence-corrected chi connectivity index (χ2v) is 5.97. The van der Waals surface area contributed by atoms with Gasteiger partial charge in [-0.3, -0.25) is 4.79 Å². The maximum atomic E-state index is 12.0. The van der Waals surface area contributed by atoms with Crippen LogP contribution in [0.4, 0.5) is 0 Å². The Kier molecular flexibility index (Phi) is 5.08. The number of rotatable bonds is 5. The molecule has 2 aromatic heterocycles. The predicted octanol–water partition coefficient (Wildman–Crippen LogP) is 3.90. The summed E-state index contributed by atoms with van der Waals surface area (Å²) in [7, 11) is 0. The average molecular weight is 337 g/mol. The van der Waals surface area contributed by atoms with Gasteiger partial charge in [-0.25, -0.2) is 10.4 Å². The van der Waals surface area contributed by atoms with Gasteiger partial charge in [-0.1, -0.05) is 24.3 Å². The number of hydrogen-bond acceptors (Lipinski definition) is 5. The SMILES string of the molecule is Cc1ccccc1C(=O)NN=Cc1ccc(Sc2ccccn2)o1. The maximum absolute atomic E-state index is 12.0. The number of furan rings is 1. The topological polar surface area (TPSA) is 67.5 Å². The quantitative estimate of drug-likeness (QED) is 0.566. The van der Waals surface area contributed by atoms with Gasteiger partial charge in [-0.15, -0.1) is 0 Å². The Morgan fingerprint density at radius 3 is 2.79 bits per heavy atom. The second-order valence-electron chi connectivity index (χ2n) is 4.94. The lowest BCUT2D eigenvalue weighted by Gasteiger charge is -2.02. The first-order valence-electron chi connectivity index (χ1n) is 7.30. The van der Waals surface area contributed by atoms with Crippen LogP contribution in [0.1, 0.15) is 21.7 Å². The largest absolute Gasteiger partial charge is 0.448 e. The van der Waals surface area contributed by atoms with Crippen molar-refractivity contribution in [3.63, 3.8) is 0 Å². The molecule has 1 N–H and O–H groups in total. The average Bonchev–Trinajstić information content (AvgIpc) is 3.03. The molecular formula is C18H15N3O2S. The molecule has 6 heteroatoms. The van der Waals surface area contributed by atoms with E-state index in [4.69, 9.17) is 4.42 Å². The number of aryl methyl sites for hydroxylation is 1. The Balaban J connectivity index is 1.59. The number of carbonyl (C=O) groups excluding carboxylic acids is 1. The minimum atomic E-state index is -0.251. The van der Waals surface area contributed by atoms with E-state index < -0.39 is 0 Å². The summed E-state index contributed by atoms with van der Waals surface area (Å²) in [5.74, 6) is 0.303. The summed E-state index contributed by atoms with van der Waals surface area (Å²) in [5.41, 5.74) is 4.00. The van der Waals surface area contributed by atoms with Crippen LogP contribution in [0.5, 0.6) is 0 Å². The van der Waals surface area contributed by atoms with E-state index in [1.54, 1.807) is 18.3 Å². The van der Waals surface area contributed by atoms with Crippen molar-refractivity contribution < 1.29 is 9.21 Å². The molecule has 0 unspecified atom stereocenters. The van der Waals surface area contributed by atoms with Crippen LogP contribution in [-0.4, -0.2) is 17.1 Å². The third kappa shape index (κ3) is 4.11. The van der Waals surface area contributed by atoms with Crippen LogP contribution >= 0.6 is 11.8 Å². The van der Waals surface area contributed by atoms with Crippen LogP contribution < -0.4 is 5.43 Å². The lowest BCUT2D eigenvalue weighted by atomic mass is 10.1. The van der Waals surface area contributed by atoms with E-state index >= 15 is 0 Å². The van der Waals surface area contributed by atoms with Gasteiger partial charge in [0, 0.05) is 11.8 Å². The molecule has 0 aliphatic rings. The van der Waals surface area contributed by atoms with Crippen molar-refractivity contribution in [1.29, 1.82) is 0 Å². The zero-order valence-corrected chi connectivity index (χ0v) is 13.8. The molecule has 0 saturated heterocycles. The minimum Gasteiger partial charge on any atom is -0.448 e. The number of nitrogens with zero attached hydrogens (tertiary/aromatic N) is 2. The smallest absolute Gasteiger partial charge is 0.271 e. The number of aromatic nitrogens is 1. The molecule has 2 heterocycles. The maximum Gasteiger partial charge on any atom is 0.271 e. The van der Waals surface area contributed by atoms with Crippen molar-refractivity contribution in [1.82, 2.24) is 10.4 Å². The second kappa shape index (κ2) is 7.61. The Labute approximate surface area is 143 Å². The van der Waals surface area contributed by atoms with E-state index in [9.17, 15) is 4.79 Å². The molecule has 0 aliphatic carbocycles. The molecule has 3 rings (SSSR count). The van der Waals surface area contributed by atoms with Gasteiger partial charge in [0.1, 0.15) is 10.8 Å². The van der Waals surface area contributed by atoms with E-state index in [1.807, 2.05) is 49.4 Å². The molecule has 0 saturated carbocycles. The highest BCUT2D eigenvalue weighted by Crippen LogP contribution is 2.26. The number of carbonyl (C=O) groups is 1. The first-order chi connectivity index (χ1) is 11.7. The molecule has 3 aromatic rings. The monoisotopic (exact) mass is 337 g/mol. The fourth-order valence-electron chi connectivity index (χ4n) is 2.01. The molecule has 120 valence electrons. The molecule has 24 heavy (non-hydrogen) atoms. The Morgan fingerprint density at radius 1 is 1.17 bits per heavy atom. The van der Waals surface area contributed by atoms with Crippen LogP contribution in [0.15, 0.2) is 80.4 Å². The Bertz CT molecular complexity index is 859. The summed E-state index contributed by atoms with van der Waals surface area (Å²) in [5, 5.41) is 5.50. The number of amides is 1. The molecule has 1 amide bonds. The first-order valence-corrected chi connectivity index (χ1v) is 8.12. The van der Waals surface area contributed by atoms with Gasteiger partial charge in [0.15, 0.2) is 5.09 Å². The van der Waals surface area contributed by atoms with E-state index in [0.29, 0.717) is 16.4 Å². The number of hydrazone groups is 1. The van der Waals surface area contributed by atoms with Crippen LogP contribution in [0.3, 0.4) is 0 Å². The zero-order chi connectivity index (χ0) is 16.8. The zero-order valence-electron chi connectivity index (χ0n) is 13.0. The highest BCUT2D eigenvalue weighted by Gasteiger charge is 2.07. The molecule has 1 aromatic carbocycles. The van der Waals surface area contributed by atoms with Gasteiger partial charge in [0.25, 0.3) is 5.91 Å². The third-order valence-corrected chi connectivity index (χ3v) is 4.06. The van der Waals surface area contributed by atoms with E-state index in [-0.39, 0.29) is 5.91 Å². The summed E-state index contributed by atoms with van der Waals surface area (Å²) in [6, 6.07) is 16.7. The molecule has 0 aliphatic heterocycles. The van der Waals surface area contributed by atoms with Gasteiger partial charge in [0.2, 0.25) is 0 Å². The predicted molar refractivity (Wildman–Crippen MR) is 93.3 cm³/mol. The van der Waals surface area contributed by atoms with E-state index in [0.717, 1.165) is 10.6 Å². The van der Waals surface area contributed by atoms with Crippen LogP contribution in [-0.2, 0) is 0 Å². The van der Waals surface area contributed by atoms with Crippen LogP contribution in [0, 0.1) is 6.92 Å². The molecule has 0 fully saturated rings. The summed E-state index contributed by atoms with van der Waals surface area (Å²) in [6.07, 6.45) is 3.20. The molecule has 0 spiro atoms. The van der Waals surface area contributed by atoms with Gasteiger partial charge in [-0.05, 0) is 54.6 Å². The van der Waals surface area contributed by atoms with Gasteiger partial charge < -0.3 is 4.42 Å². The van der Waals surface area contributed by atoms with E-state index in [1.165, 1.54) is 18.0 Å². The standard InChI is InChI=1S/C18H15N3O2S/c1-13-6-2-3-7-15(13)18(22)21-20-12-14-9-10-17(23-14)24-16-8-4-5-11-19-16/h2-12H,1H3,(H,21,22). The van der Waals surface area contributed by atoms with Crippen molar-refractivity contribution in [2.75, 3.05) is 0 Å². The van der Waals surface area contributed by atoms with Gasteiger partial charge in [0.05, 0.1) is 6.21 Å². The van der Waals surface area contributed by atoms with Gasteiger partial charge in [-0.2, -0.15) is 5.10 Å². The lowest BCUT2D eigenvalue weighted by molar-refractivity contribution is 0.0954. The number of pyridine rings is 1. The van der Waals surface area contributed by atoms with Crippen molar-refractivity contribution in [3.8, 4) is 0 Å². The molecule has 0 bridgehead atoms. The summed E-state index contributed by atoms with van der Waals surface area (Å²) in [6.45, 7) is 1.88. The first kappa shape index (κ1) is 16.0. The highest BCUT2D eigenvalue weighted by molar-refractivity contribution is 7.99. The lowest BCUT2D eigenvalue weighted by Crippen LogP contribution is -2.18. The van der Waals surface area contributed by atoms with Crippen molar-refractivity contribution in [2.24, 2.45) is 5.10 Å². The molecule has 0 radical (unpaired) electrons. The Hall–Kier alpha value is -2.86. The van der Waals surface area contributed by atoms with Gasteiger partial charge >= 0.3 is 0 Å². The van der Waals surface area contributed by atoms with Crippen LogP contribution in [0.25, 0.3) is 0 Å². The van der Waals surface area contributed by atoms with Crippen LogP contribution in [0.2, 0.25) is 0 Å². The van der Waals surface area contributed by atoms with E-state index in [2.05, 4.69) is 15.5 Å². The number of nitrogens with one attached hydrogen (secondary N) is 1. The highest BCUT2D eigenvalue weighted by atomic mass is 32.2. The Morgan fingerprint density at radius 2 is 2.00 bits per heavy atom. The number of hydrogen-bond donors (Lipinski definition) is 1. The summed E-state index contributed by atoms with van der Waals surface area (Å²) < 4.78 is 5.62. The third-order valence-electron chi connectivity index (χ3n) is 3.19. The summed E-state index contributed by atoms with van der Waals surface area (Å²) in [4.78, 5) is 16.3.